The van der Waals surface area contributed by atoms with E-state index in [1.807, 2.05) is 42.5 Å². The number of nitrogens with one attached hydrogen (secondary N) is 1. The Labute approximate surface area is 151 Å². The van der Waals surface area contributed by atoms with Gasteiger partial charge in [-0.15, -0.1) is 11.8 Å². The van der Waals surface area contributed by atoms with Gasteiger partial charge < -0.3 is 10.2 Å². The summed E-state index contributed by atoms with van der Waals surface area (Å²) in [5, 5.41) is 2.92. The van der Waals surface area contributed by atoms with Crippen LogP contribution in [0, 0.1) is 0 Å². The van der Waals surface area contributed by atoms with Crippen molar-refractivity contribution in [3.05, 3.63) is 72.1 Å². The summed E-state index contributed by atoms with van der Waals surface area (Å²) in [6.07, 6.45) is 6.59. The average molecular weight is 353 g/mol. The van der Waals surface area contributed by atoms with Crippen LogP contribution < -0.4 is 5.32 Å². The molecule has 1 N–H and O–H groups in total. The van der Waals surface area contributed by atoms with Crippen LogP contribution in [0.4, 0.5) is 0 Å². The summed E-state index contributed by atoms with van der Waals surface area (Å²) in [4.78, 5) is 30.5. The molecule has 1 fully saturated rings. The van der Waals surface area contributed by atoms with E-state index in [1.165, 1.54) is 6.08 Å². The van der Waals surface area contributed by atoms with Crippen molar-refractivity contribution in [2.75, 3.05) is 11.6 Å². The van der Waals surface area contributed by atoms with Crippen molar-refractivity contribution in [3.63, 3.8) is 0 Å². The fourth-order valence-corrected chi connectivity index (χ4v) is 3.68. The summed E-state index contributed by atoms with van der Waals surface area (Å²) in [7, 11) is 0. The molecule has 0 unspecified atom stereocenters. The van der Waals surface area contributed by atoms with Gasteiger partial charge in [0.05, 0.1) is 5.88 Å². The zero-order valence-electron chi connectivity index (χ0n) is 13.7. The van der Waals surface area contributed by atoms with E-state index in [2.05, 4.69) is 10.3 Å². The van der Waals surface area contributed by atoms with Crippen LogP contribution in [-0.4, -0.2) is 39.4 Å². The highest BCUT2D eigenvalue weighted by Crippen LogP contribution is 2.21. The number of nitrogens with zero attached hydrogens (tertiary/aromatic N) is 2. The van der Waals surface area contributed by atoms with Crippen LogP contribution in [0.25, 0.3) is 6.08 Å². The molecule has 2 amide bonds. The second-order valence-electron chi connectivity index (χ2n) is 5.65. The highest BCUT2D eigenvalue weighted by molar-refractivity contribution is 7.99. The minimum absolute atomic E-state index is 0.114. The molecule has 25 heavy (non-hydrogen) atoms. The van der Waals surface area contributed by atoms with E-state index in [1.54, 1.807) is 35.1 Å². The largest absolute Gasteiger partial charge is 0.350 e. The maximum Gasteiger partial charge on any atom is 0.247 e. The number of aromatic nitrogens is 1. The monoisotopic (exact) mass is 353 g/mol. The van der Waals surface area contributed by atoms with Crippen LogP contribution in [-0.2, 0) is 16.1 Å². The lowest BCUT2D eigenvalue weighted by Crippen LogP contribution is -2.46. The number of carbonyl (C=O) groups excluding carboxylic acids is 2. The summed E-state index contributed by atoms with van der Waals surface area (Å²) in [6.45, 7) is 0.467. The Morgan fingerprint density at radius 2 is 2.08 bits per heavy atom. The van der Waals surface area contributed by atoms with Gasteiger partial charge in [-0.25, -0.2) is 0 Å². The Morgan fingerprint density at radius 3 is 2.84 bits per heavy atom. The van der Waals surface area contributed by atoms with Crippen LogP contribution >= 0.6 is 11.8 Å². The molecule has 0 bridgehead atoms. The first kappa shape index (κ1) is 17.2. The second-order valence-corrected chi connectivity index (χ2v) is 6.65. The lowest BCUT2D eigenvalue weighted by atomic mass is 10.2. The van der Waals surface area contributed by atoms with Gasteiger partial charge in [-0.05, 0) is 23.3 Å². The van der Waals surface area contributed by atoms with Crippen molar-refractivity contribution >= 4 is 29.7 Å². The first-order valence-electron chi connectivity index (χ1n) is 8.02. The molecule has 3 rings (SSSR count). The lowest BCUT2D eigenvalue weighted by Gasteiger charge is -2.21. The van der Waals surface area contributed by atoms with Gasteiger partial charge >= 0.3 is 0 Å². The molecule has 128 valence electrons. The van der Waals surface area contributed by atoms with Gasteiger partial charge in [0.25, 0.3) is 0 Å². The smallest absolute Gasteiger partial charge is 0.247 e. The third kappa shape index (κ3) is 4.70. The van der Waals surface area contributed by atoms with Gasteiger partial charge in [-0.2, -0.15) is 0 Å². The molecule has 6 heteroatoms. The third-order valence-electron chi connectivity index (χ3n) is 3.88. The first-order valence-corrected chi connectivity index (χ1v) is 9.17. The molecule has 0 aliphatic carbocycles. The number of hydrogen-bond donors (Lipinski definition) is 1. The van der Waals surface area contributed by atoms with Crippen LogP contribution in [0.3, 0.4) is 0 Å². The number of rotatable bonds is 5. The molecule has 1 aromatic carbocycles. The Balaban J connectivity index is 1.58. The molecule has 1 aliphatic heterocycles. The molecule has 5 nitrogen and oxygen atoms in total. The highest BCUT2D eigenvalue weighted by atomic mass is 32.2. The van der Waals surface area contributed by atoms with Crippen LogP contribution in [0.1, 0.15) is 11.1 Å². The van der Waals surface area contributed by atoms with E-state index in [0.717, 1.165) is 11.1 Å². The predicted molar refractivity (Wildman–Crippen MR) is 99.5 cm³/mol. The van der Waals surface area contributed by atoms with E-state index >= 15 is 0 Å². The number of hydrogen-bond acceptors (Lipinski definition) is 4. The van der Waals surface area contributed by atoms with Crippen LogP contribution in [0.15, 0.2) is 60.9 Å². The molecule has 1 aliphatic rings. The first-order chi connectivity index (χ1) is 12.2. The summed E-state index contributed by atoms with van der Waals surface area (Å²) in [5.41, 5.74) is 1.89. The number of benzene rings is 1. The standard InChI is InChI=1S/C19H19N3O2S/c23-18(9-8-16-7-4-10-20-11-16)22-14-25-13-17(22)19(24)21-12-15-5-2-1-3-6-15/h1-11,17H,12-14H2,(H,21,24)/b9-8+/t17-/m1/s1. The molecule has 1 saturated heterocycles. The molecule has 1 atom stereocenters. The van der Waals surface area contributed by atoms with E-state index in [-0.39, 0.29) is 11.8 Å². The molecule has 1 aromatic heterocycles. The van der Waals surface area contributed by atoms with Crippen molar-refractivity contribution in [2.45, 2.75) is 12.6 Å². The molecule has 2 aromatic rings. The molecular formula is C19H19N3O2S. The fourth-order valence-electron chi connectivity index (χ4n) is 2.52. The zero-order valence-corrected chi connectivity index (χ0v) is 14.5. The van der Waals surface area contributed by atoms with Gasteiger partial charge in [0.2, 0.25) is 11.8 Å². The number of carbonyl (C=O) groups is 2. The van der Waals surface area contributed by atoms with E-state index < -0.39 is 6.04 Å². The predicted octanol–water partition coefficient (Wildman–Crippen LogP) is 2.31. The van der Waals surface area contributed by atoms with Crippen molar-refractivity contribution in [1.29, 1.82) is 0 Å². The highest BCUT2D eigenvalue weighted by Gasteiger charge is 2.33. The van der Waals surface area contributed by atoms with Gasteiger partial charge in [0.1, 0.15) is 6.04 Å². The summed E-state index contributed by atoms with van der Waals surface area (Å²) >= 11 is 1.59. The lowest BCUT2D eigenvalue weighted by molar-refractivity contribution is -0.134. The van der Waals surface area contributed by atoms with Crippen molar-refractivity contribution in [2.24, 2.45) is 0 Å². The average Bonchev–Trinajstić information content (AvgIpc) is 3.16. The molecule has 0 radical (unpaired) electrons. The Hall–Kier alpha value is -2.60. The minimum Gasteiger partial charge on any atom is -0.350 e. The Morgan fingerprint density at radius 1 is 1.24 bits per heavy atom. The van der Waals surface area contributed by atoms with Crippen molar-refractivity contribution in [3.8, 4) is 0 Å². The minimum atomic E-state index is -0.431. The van der Waals surface area contributed by atoms with Gasteiger partial charge in [-0.3, -0.25) is 14.6 Å². The maximum absolute atomic E-state index is 12.5. The molecule has 0 spiro atoms. The van der Waals surface area contributed by atoms with Crippen LogP contribution in [0.2, 0.25) is 0 Å². The van der Waals surface area contributed by atoms with Crippen molar-refractivity contribution in [1.82, 2.24) is 15.2 Å². The van der Waals surface area contributed by atoms with E-state index in [9.17, 15) is 9.59 Å². The van der Waals surface area contributed by atoms with E-state index in [0.29, 0.717) is 18.2 Å². The Kier molecular flexibility index (Phi) is 5.85. The van der Waals surface area contributed by atoms with Gasteiger partial charge in [0.15, 0.2) is 0 Å². The number of pyridine rings is 1. The summed E-state index contributed by atoms with van der Waals surface area (Å²) in [5.74, 6) is 0.873. The second kappa shape index (κ2) is 8.48. The maximum atomic E-state index is 12.5. The molecule has 0 saturated carbocycles. The number of thioether (sulfide) groups is 1. The third-order valence-corrected chi connectivity index (χ3v) is 4.89. The Bertz CT molecular complexity index is 750. The topological polar surface area (TPSA) is 62.3 Å². The SMILES string of the molecule is O=C(NCc1ccccc1)[C@H]1CSCN1C(=O)/C=C/c1cccnc1. The van der Waals surface area contributed by atoms with E-state index in [4.69, 9.17) is 0 Å². The van der Waals surface area contributed by atoms with Crippen LogP contribution in [0.5, 0.6) is 0 Å². The van der Waals surface area contributed by atoms with Gasteiger partial charge in [-0.1, -0.05) is 36.4 Å². The number of amides is 2. The zero-order chi connectivity index (χ0) is 17.5. The molecule has 2 heterocycles. The summed E-state index contributed by atoms with van der Waals surface area (Å²) in [6, 6.07) is 13.0. The normalized spacial score (nSPS) is 17.0. The quantitative estimate of drug-likeness (QED) is 0.838. The van der Waals surface area contributed by atoms with Gasteiger partial charge in [0, 0.05) is 30.8 Å². The molecular weight excluding hydrogens is 334 g/mol. The fraction of sp³-hybridized carbons (Fsp3) is 0.211. The summed E-state index contributed by atoms with van der Waals surface area (Å²) < 4.78 is 0. The van der Waals surface area contributed by atoms with Crippen molar-refractivity contribution < 1.29 is 9.59 Å².